The minimum atomic E-state index is 1.04. The molecule has 0 radical (unpaired) electrons. The maximum atomic E-state index is 6.06. The molecular formula is C24H21NS4. The molecule has 5 heterocycles. The van der Waals surface area contributed by atoms with E-state index in [2.05, 4.69) is 58.5 Å². The molecule has 0 atom stereocenters. The number of rotatable bonds is 7. The highest BCUT2D eigenvalue weighted by Crippen LogP contribution is 2.48. The Bertz CT molecular complexity index is 1290. The summed E-state index contributed by atoms with van der Waals surface area (Å²) in [6.07, 6.45) is 11.1. The Morgan fingerprint density at radius 3 is 2.41 bits per heavy atom. The zero-order chi connectivity index (χ0) is 19.8. The largest absolute Gasteiger partial charge is 0.338 e. The van der Waals surface area contributed by atoms with Crippen molar-refractivity contribution in [1.29, 1.82) is 0 Å². The summed E-state index contributed by atoms with van der Waals surface area (Å²) in [4.78, 5) is 5.24. The molecule has 29 heavy (non-hydrogen) atoms. The van der Waals surface area contributed by atoms with Gasteiger partial charge in [-0.3, -0.25) is 0 Å². The topological polar surface area (TPSA) is 4.93 Å². The molecule has 0 saturated carbocycles. The van der Waals surface area contributed by atoms with Gasteiger partial charge in [0.15, 0.2) is 0 Å². The first-order valence-electron chi connectivity index (χ1n) is 9.94. The second-order valence-electron chi connectivity index (χ2n) is 7.12. The molecule has 5 rings (SSSR count). The van der Waals surface area contributed by atoms with Crippen LogP contribution >= 0.6 is 45.3 Å². The van der Waals surface area contributed by atoms with Crippen LogP contribution < -0.4 is 0 Å². The molecule has 0 bridgehead atoms. The quantitative estimate of drug-likeness (QED) is 0.172. The van der Waals surface area contributed by atoms with Gasteiger partial charge in [0.05, 0.1) is 30.9 Å². The minimum absolute atomic E-state index is 1.04. The lowest BCUT2D eigenvalue weighted by Gasteiger charge is -2.07. The van der Waals surface area contributed by atoms with Gasteiger partial charge < -0.3 is 4.57 Å². The van der Waals surface area contributed by atoms with Gasteiger partial charge in [0.25, 0.3) is 0 Å². The van der Waals surface area contributed by atoms with Crippen molar-refractivity contribution in [3.8, 4) is 31.9 Å². The molecule has 0 amide bonds. The van der Waals surface area contributed by atoms with E-state index in [4.69, 9.17) is 6.42 Å². The highest BCUT2D eigenvalue weighted by Gasteiger charge is 2.23. The molecule has 5 heteroatoms. The van der Waals surface area contributed by atoms with Crippen LogP contribution in [0.5, 0.6) is 0 Å². The van der Waals surface area contributed by atoms with Crippen molar-refractivity contribution in [3.63, 3.8) is 0 Å². The minimum Gasteiger partial charge on any atom is -0.338 e. The SMILES string of the molecule is C#Cc1c(-c2cccs2)sc2c3sc(-c4cccs4)cc3n(CCCCCC)c12. The van der Waals surface area contributed by atoms with Gasteiger partial charge in [0, 0.05) is 21.2 Å². The first-order chi connectivity index (χ1) is 14.3. The number of unbranched alkanes of at least 4 members (excludes halogenated alkanes) is 3. The number of aryl methyl sites for hydroxylation is 1. The van der Waals surface area contributed by atoms with Gasteiger partial charge >= 0.3 is 0 Å². The molecule has 0 aliphatic rings. The Morgan fingerprint density at radius 1 is 0.931 bits per heavy atom. The fourth-order valence-corrected chi connectivity index (χ4v) is 8.14. The lowest BCUT2D eigenvalue weighted by Crippen LogP contribution is -1.98. The molecule has 0 unspecified atom stereocenters. The van der Waals surface area contributed by atoms with Crippen molar-refractivity contribution in [2.75, 3.05) is 0 Å². The molecular weight excluding hydrogens is 431 g/mol. The van der Waals surface area contributed by atoms with Crippen molar-refractivity contribution >= 4 is 65.8 Å². The van der Waals surface area contributed by atoms with Crippen LogP contribution in [0.15, 0.2) is 41.1 Å². The molecule has 5 aromatic rings. The van der Waals surface area contributed by atoms with Gasteiger partial charge in [-0.25, -0.2) is 0 Å². The second kappa shape index (κ2) is 8.12. The van der Waals surface area contributed by atoms with Gasteiger partial charge in [-0.15, -0.1) is 51.8 Å². The summed E-state index contributed by atoms with van der Waals surface area (Å²) < 4.78 is 5.26. The summed E-state index contributed by atoms with van der Waals surface area (Å²) in [6, 6.07) is 11.0. The number of hydrogen-bond acceptors (Lipinski definition) is 4. The van der Waals surface area contributed by atoms with Crippen molar-refractivity contribution in [1.82, 2.24) is 4.57 Å². The fourth-order valence-electron chi connectivity index (χ4n) is 3.88. The van der Waals surface area contributed by atoms with Gasteiger partial charge in [-0.2, -0.15) is 0 Å². The second-order valence-corrected chi connectivity index (χ2v) is 11.1. The van der Waals surface area contributed by atoms with E-state index in [9.17, 15) is 0 Å². The Hall–Kier alpha value is -1.84. The van der Waals surface area contributed by atoms with Gasteiger partial charge in [-0.1, -0.05) is 44.2 Å². The van der Waals surface area contributed by atoms with Crippen LogP contribution in [0.3, 0.4) is 0 Å². The van der Waals surface area contributed by atoms with Crippen LogP contribution in [0.4, 0.5) is 0 Å². The average molecular weight is 452 g/mol. The van der Waals surface area contributed by atoms with E-state index in [0.29, 0.717) is 0 Å². The summed E-state index contributed by atoms with van der Waals surface area (Å²) in [5.41, 5.74) is 3.70. The first-order valence-corrected chi connectivity index (χ1v) is 13.3. The van der Waals surface area contributed by atoms with Crippen molar-refractivity contribution in [3.05, 3.63) is 46.7 Å². The third-order valence-corrected chi connectivity index (χ3v) is 9.83. The van der Waals surface area contributed by atoms with Crippen LogP contribution in [0.1, 0.15) is 38.2 Å². The average Bonchev–Trinajstić information content (AvgIpc) is 3.53. The van der Waals surface area contributed by atoms with E-state index in [0.717, 1.165) is 12.1 Å². The number of fused-ring (bicyclic) bond motifs is 3. The van der Waals surface area contributed by atoms with E-state index in [1.165, 1.54) is 65.6 Å². The third-order valence-electron chi connectivity index (χ3n) is 5.25. The zero-order valence-corrected chi connectivity index (χ0v) is 19.5. The smallest absolute Gasteiger partial charge is 0.0775 e. The summed E-state index contributed by atoms with van der Waals surface area (Å²) in [5.74, 6) is 3.04. The maximum Gasteiger partial charge on any atom is 0.0775 e. The zero-order valence-electron chi connectivity index (χ0n) is 16.2. The fraction of sp³-hybridized carbons (Fsp3) is 0.250. The summed E-state index contributed by atoms with van der Waals surface area (Å²) >= 11 is 7.37. The number of aromatic nitrogens is 1. The molecule has 0 aliphatic heterocycles. The summed E-state index contributed by atoms with van der Waals surface area (Å²) in [6.45, 7) is 3.30. The molecule has 0 saturated heterocycles. The Morgan fingerprint density at radius 2 is 1.72 bits per heavy atom. The predicted octanol–water partition coefficient (Wildman–Crippen LogP) is 8.94. The Labute approximate surface area is 187 Å². The Balaban J connectivity index is 1.72. The molecule has 0 aliphatic carbocycles. The van der Waals surface area contributed by atoms with E-state index in [1.807, 2.05) is 34.0 Å². The van der Waals surface area contributed by atoms with Crippen LogP contribution in [0.25, 0.3) is 39.9 Å². The lowest BCUT2D eigenvalue weighted by atomic mass is 10.2. The van der Waals surface area contributed by atoms with Crippen LogP contribution in [0, 0.1) is 12.3 Å². The molecule has 0 aromatic carbocycles. The molecule has 1 nitrogen and oxygen atoms in total. The van der Waals surface area contributed by atoms with Crippen molar-refractivity contribution in [2.24, 2.45) is 0 Å². The maximum absolute atomic E-state index is 6.06. The standard InChI is InChI=1S/C24H21NS4/c1-3-5-6-7-12-25-17-15-20(18-10-8-13-26-18)28-23(17)24-21(25)16(4-2)22(29-24)19-11-9-14-27-19/h2,8-11,13-15H,3,5-7,12H2,1H3. The summed E-state index contributed by atoms with van der Waals surface area (Å²) in [5, 5.41) is 4.29. The first kappa shape index (κ1) is 19.1. The van der Waals surface area contributed by atoms with Gasteiger partial charge in [-0.05, 0) is 35.4 Å². The molecule has 5 aromatic heterocycles. The van der Waals surface area contributed by atoms with Gasteiger partial charge in [0.2, 0.25) is 0 Å². The van der Waals surface area contributed by atoms with E-state index in [-0.39, 0.29) is 0 Å². The predicted molar refractivity (Wildman–Crippen MR) is 134 cm³/mol. The van der Waals surface area contributed by atoms with E-state index < -0.39 is 0 Å². The van der Waals surface area contributed by atoms with Crippen LogP contribution in [-0.4, -0.2) is 4.57 Å². The molecule has 146 valence electrons. The number of hydrogen-bond donors (Lipinski definition) is 0. The normalized spacial score (nSPS) is 11.6. The molecule has 0 spiro atoms. The van der Waals surface area contributed by atoms with Crippen molar-refractivity contribution in [2.45, 2.75) is 39.2 Å². The van der Waals surface area contributed by atoms with E-state index >= 15 is 0 Å². The van der Waals surface area contributed by atoms with E-state index in [1.54, 1.807) is 11.3 Å². The monoisotopic (exact) mass is 451 g/mol. The third kappa shape index (κ3) is 3.29. The highest BCUT2D eigenvalue weighted by molar-refractivity contribution is 7.32. The number of terminal acetylenes is 1. The molecule has 0 fully saturated rings. The van der Waals surface area contributed by atoms with Crippen LogP contribution in [0.2, 0.25) is 0 Å². The molecule has 0 N–H and O–H groups in total. The summed E-state index contributed by atoms with van der Waals surface area (Å²) in [7, 11) is 0. The van der Waals surface area contributed by atoms with Crippen molar-refractivity contribution < 1.29 is 0 Å². The van der Waals surface area contributed by atoms with Gasteiger partial charge in [0.1, 0.15) is 0 Å². The Kier molecular flexibility index (Phi) is 5.36. The number of thiophene rings is 4. The highest BCUT2D eigenvalue weighted by atomic mass is 32.1. The lowest BCUT2D eigenvalue weighted by molar-refractivity contribution is 0.602. The number of nitrogens with zero attached hydrogens (tertiary/aromatic N) is 1. The van der Waals surface area contributed by atoms with Crippen LogP contribution in [-0.2, 0) is 6.54 Å².